The van der Waals surface area contributed by atoms with Crippen LogP contribution in [0, 0.1) is 5.92 Å². The zero-order chi connectivity index (χ0) is 16.4. The second-order valence-electron chi connectivity index (χ2n) is 5.68. The van der Waals surface area contributed by atoms with Gasteiger partial charge in [-0.05, 0) is 23.4 Å². The number of rotatable bonds is 4. The van der Waals surface area contributed by atoms with Crippen molar-refractivity contribution in [2.24, 2.45) is 16.1 Å². The maximum atomic E-state index is 12.0. The Balaban J connectivity index is 2.03. The number of thiophene rings is 1. The summed E-state index contributed by atoms with van der Waals surface area (Å²) in [7, 11) is 0. The van der Waals surface area contributed by atoms with Crippen molar-refractivity contribution in [3.63, 3.8) is 0 Å². The summed E-state index contributed by atoms with van der Waals surface area (Å²) in [6.07, 6.45) is 0. The van der Waals surface area contributed by atoms with Crippen molar-refractivity contribution in [2.75, 3.05) is 0 Å². The van der Waals surface area contributed by atoms with E-state index in [1.165, 1.54) is 11.3 Å². The fourth-order valence-corrected chi connectivity index (χ4v) is 3.07. The van der Waals surface area contributed by atoms with Crippen LogP contribution in [0.2, 0.25) is 0 Å². The molecule has 1 N–H and O–H groups in total. The molecule has 0 aliphatic carbocycles. The van der Waals surface area contributed by atoms with Crippen molar-refractivity contribution in [1.82, 2.24) is 4.57 Å². The highest BCUT2D eigenvalue weighted by Crippen LogP contribution is 2.39. The molecule has 2 heterocycles. The Bertz CT molecular complexity index is 863. The van der Waals surface area contributed by atoms with Crippen molar-refractivity contribution in [1.29, 1.82) is 0 Å². The molecular weight excluding hydrogens is 310 g/mol. The molecule has 6 heteroatoms. The number of para-hydroxylation sites is 1. The van der Waals surface area contributed by atoms with Gasteiger partial charge in [0.25, 0.3) is 0 Å². The molecule has 1 amide bonds. The Morgan fingerprint density at radius 2 is 2.04 bits per heavy atom. The highest BCUT2D eigenvalue weighted by atomic mass is 32.1. The molecule has 118 valence electrons. The number of carbonyl (C=O) groups excluding carboxylic acids is 1. The van der Waals surface area contributed by atoms with Gasteiger partial charge in [0.2, 0.25) is 5.88 Å². The van der Waals surface area contributed by atoms with Crippen LogP contribution in [0.15, 0.2) is 52.0 Å². The number of aromatic nitrogens is 1. The summed E-state index contributed by atoms with van der Waals surface area (Å²) < 4.78 is 1.81. The summed E-state index contributed by atoms with van der Waals surface area (Å²) in [5.74, 6) is 0.0111. The maximum Gasteiger partial charge on any atom is 0.305 e. The summed E-state index contributed by atoms with van der Waals surface area (Å²) in [5.41, 5.74) is 1.22. The van der Waals surface area contributed by atoms with Gasteiger partial charge < -0.3 is 9.67 Å². The minimum atomic E-state index is -0.403. The van der Waals surface area contributed by atoms with Crippen molar-refractivity contribution in [3.05, 3.63) is 46.7 Å². The maximum absolute atomic E-state index is 12.0. The van der Waals surface area contributed by atoms with Gasteiger partial charge in [-0.25, -0.2) is 0 Å². The average Bonchev–Trinajstić information content (AvgIpc) is 3.14. The van der Waals surface area contributed by atoms with E-state index in [0.29, 0.717) is 23.0 Å². The Hall–Kier alpha value is -2.47. The van der Waals surface area contributed by atoms with E-state index in [4.69, 9.17) is 0 Å². The standard InChI is InChI=1S/C17H17N3O2S/c1-11(2)10-20-13-7-4-3-6-12(13)15(17(20)22)18-19-16(21)14-8-5-9-23-14/h3-9,11,22H,10H2,1-2H3. The lowest BCUT2D eigenvalue weighted by Gasteiger charge is -2.09. The number of azo groups is 1. The van der Waals surface area contributed by atoms with Crippen molar-refractivity contribution < 1.29 is 9.90 Å². The van der Waals surface area contributed by atoms with Gasteiger partial charge in [-0.3, -0.25) is 4.79 Å². The van der Waals surface area contributed by atoms with E-state index in [9.17, 15) is 9.90 Å². The SMILES string of the molecule is CC(C)Cn1c(O)c(N=NC(=O)c2cccs2)c2ccccc21. The van der Waals surface area contributed by atoms with Crippen LogP contribution in [0.5, 0.6) is 5.88 Å². The van der Waals surface area contributed by atoms with E-state index in [2.05, 4.69) is 24.1 Å². The quantitative estimate of drug-likeness (QED) is 0.686. The third kappa shape index (κ3) is 3.03. The predicted octanol–water partition coefficient (Wildman–Crippen LogP) is 4.99. The Morgan fingerprint density at radius 3 is 2.74 bits per heavy atom. The van der Waals surface area contributed by atoms with Gasteiger partial charge in [-0.2, -0.15) is 0 Å². The first-order chi connectivity index (χ1) is 11.1. The monoisotopic (exact) mass is 327 g/mol. The van der Waals surface area contributed by atoms with Gasteiger partial charge in [0.1, 0.15) is 0 Å². The first-order valence-electron chi connectivity index (χ1n) is 7.37. The number of nitrogens with zero attached hydrogens (tertiary/aromatic N) is 3. The lowest BCUT2D eigenvalue weighted by molar-refractivity contribution is 0.0999. The van der Waals surface area contributed by atoms with Crippen molar-refractivity contribution >= 4 is 33.8 Å². The zero-order valence-electron chi connectivity index (χ0n) is 12.9. The first-order valence-corrected chi connectivity index (χ1v) is 8.25. The fraction of sp³-hybridized carbons (Fsp3) is 0.235. The molecule has 0 atom stereocenters. The Labute approximate surface area is 137 Å². The van der Waals surface area contributed by atoms with Crippen LogP contribution in [0.1, 0.15) is 23.5 Å². The predicted molar refractivity (Wildman–Crippen MR) is 91.6 cm³/mol. The van der Waals surface area contributed by atoms with E-state index < -0.39 is 5.91 Å². The Kier molecular flexibility index (Phi) is 4.25. The molecule has 0 unspecified atom stereocenters. The van der Waals surface area contributed by atoms with Gasteiger partial charge >= 0.3 is 5.91 Å². The van der Waals surface area contributed by atoms with Crippen LogP contribution in [0.25, 0.3) is 10.9 Å². The molecule has 0 saturated carbocycles. The smallest absolute Gasteiger partial charge is 0.305 e. The van der Waals surface area contributed by atoms with E-state index >= 15 is 0 Å². The summed E-state index contributed by atoms with van der Waals surface area (Å²) in [4.78, 5) is 12.5. The molecule has 1 aromatic carbocycles. The molecular formula is C17H17N3O2S. The molecule has 5 nitrogen and oxygen atoms in total. The van der Waals surface area contributed by atoms with Crippen LogP contribution in [-0.4, -0.2) is 15.6 Å². The molecule has 0 aliphatic rings. The summed E-state index contributed by atoms with van der Waals surface area (Å²) in [6, 6.07) is 11.1. The van der Waals surface area contributed by atoms with Crippen LogP contribution in [-0.2, 0) is 6.54 Å². The van der Waals surface area contributed by atoms with Gasteiger partial charge in [-0.15, -0.1) is 21.6 Å². The van der Waals surface area contributed by atoms with Crippen LogP contribution in [0.3, 0.4) is 0 Å². The summed E-state index contributed by atoms with van der Waals surface area (Å²) in [6.45, 7) is 4.83. The van der Waals surface area contributed by atoms with E-state index in [0.717, 1.165) is 10.9 Å². The van der Waals surface area contributed by atoms with Gasteiger partial charge in [0.05, 0.1) is 10.4 Å². The number of benzene rings is 1. The van der Waals surface area contributed by atoms with Crippen molar-refractivity contribution in [2.45, 2.75) is 20.4 Å². The lowest BCUT2D eigenvalue weighted by atomic mass is 10.2. The van der Waals surface area contributed by atoms with Gasteiger partial charge in [0, 0.05) is 11.9 Å². The van der Waals surface area contributed by atoms with Gasteiger partial charge in [0.15, 0.2) is 5.69 Å². The molecule has 0 fully saturated rings. The third-order valence-electron chi connectivity index (χ3n) is 3.44. The van der Waals surface area contributed by atoms with E-state index in [-0.39, 0.29) is 5.88 Å². The lowest BCUT2D eigenvalue weighted by Crippen LogP contribution is -2.03. The largest absolute Gasteiger partial charge is 0.493 e. The molecule has 2 aromatic heterocycles. The Morgan fingerprint density at radius 1 is 1.26 bits per heavy atom. The second kappa shape index (κ2) is 6.34. The van der Waals surface area contributed by atoms with E-state index in [1.54, 1.807) is 12.1 Å². The number of hydrogen-bond acceptors (Lipinski definition) is 4. The molecule has 0 saturated heterocycles. The topological polar surface area (TPSA) is 66.9 Å². The fourth-order valence-electron chi connectivity index (χ4n) is 2.47. The van der Waals surface area contributed by atoms with Crippen molar-refractivity contribution in [3.8, 4) is 5.88 Å². The normalized spacial score (nSPS) is 11.8. The molecule has 0 radical (unpaired) electrons. The third-order valence-corrected chi connectivity index (χ3v) is 4.30. The number of fused-ring (bicyclic) bond motifs is 1. The molecule has 0 bridgehead atoms. The number of hydrogen-bond donors (Lipinski definition) is 1. The van der Waals surface area contributed by atoms with Gasteiger partial charge in [-0.1, -0.05) is 38.1 Å². The highest BCUT2D eigenvalue weighted by molar-refractivity contribution is 7.12. The first kappa shape index (κ1) is 15.4. The van der Waals surface area contributed by atoms with E-state index in [1.807, 2.05) is 34.2 Å². The minimum absolute atomic E-state index is 0.0441. The zero-order valence-corrected chi connectivity index (χ0v) is 13.7. The average molecular weight is 327 g/mol. The number of amides is 1. The van der Waals surface area contributed by atoms with Crippen LogP contribution >= 0.6 is 11.3 Å². The van der Waals surface area contributed by atoms with Crippen LogP contribution in [0.4, 0.5) is 5.69 Å². The summed E-state index contributed by atoms with van der Waals surface area (Å²) in [5, 5.41) is 20.9. The molecule has 23 heavy (non-hydrogen) atoms. The molecule has 3 aromatic rings. The van der Waals surface area contributed by atoms with Crippen LogP contribution < -0.4 is 0 Å². The molecule has 0 aliphatic heterocycles. The minimum Gasteiger partial charge on any atom is -0.493 e. The number of aromatic hydroxyl groups is 1. The number of carbonyl (C=O) groups is 1. The molecule has 3 rings (SSSR count). The second-order valence-corrected chi connectivity index (χ2v) is 6.62. The summed E-state index contributed by atoms with van der Waals surface area (Å²) >= 11 is 1.32. The molecule has 0 spiro atoms. The highest BCUT2D eigenvalue weighted by Gasteiger charge is 2.17.